The molecule has 1 aliphatic rings. The molecule has 0 saturated carbocycles. The molecule has 21 heavy (non-hydrogen) atoms. The van der Waals surface area contributed by atoms with Crippen LogP contribution in [-0.4, -0.2) is 9.32 Å². The van der Waals surface area contributed by atoms with Gasteiger partial charge in [0.25, 0.3) is 0 Å². The first-order chi connectivity index (χ1) is 10.3. The largest absolute Gasteiger partial charge is 0.392 e. The minimum atomic E-state index is -0.942. The zero-order valence-electron chi connectivity index (χ0n) is 12.0. The number of rotatable bonds is 4. The first-order valence-electron chi connectivity index (χ1n) is 7.42. The molecule has 0 bridgehead atoms. The fourth-order valence-corrected chi connectivity index (χ4v) is 4.88. The van der Waals surface area contributed by atoms with Crippen LogP contribution in [0, 0.1) is 0 Å². The average molecular weight is 300 g/mol. The molecule has 2 unspecified atom stereocenters. The highest BCUT2D eigenvalue weighted by molar-refractivity contribution is 7.84. The van der Waals surface area contributed by atoms with Crippen molar-refractivity contribution in [1.82, 2.24) is 0 Å². The maximum absolute atomic E-state index is 12.8. The van der Waals surface area contributed by atoms with Crippen LogP contribution in [0.1, 0.15) is 40.3 Å². The highest BCUT2D eigenvalue weighted by Gasteiger charge is 2.27. The quantitative estimate of drug-likeness (QED) is 0.938. The highest BCUT2D eigenvalue weighted by Crippen LogP contribution is 2.37. The summed E-state index contributed by atoms with van der Waals surface area (Å²) in [5, 5.41) is 9.64. The molecule has 2 aromatic rings. The van der Waals surface area contributed by atoms with Gasteiger partial charge in [0.05, 0.1) is 11.9 Å². The van der Waals surface area contributed by atoms with E-state index in [9.17, 15) is 9.32 Å². The molecular formula is C18H20O2S. The van der Waals surface area contributed by atoms with Crippen LogP contribution in [0.5, 0.6) is 0 Å². The summed E-state index contributed by atoms with van der Waals surface area (Å²) in [5.74, 6) is 0.588. The number of aliphatic hydroxyl groups is 1. The third-order valence-electron chi connectivity index (χ3n) is 4.16. The number of aryl methyl sites for hydroxylation is 1. The second kappa shape index (κ2) is 6.54. The van der Waals surface area contributed by atoms with E-state index in [0.717, 1.165) is 36.0 Å². The molecule has 110 valence electrons. The summed E-state index contributed by atoms with van der Waals surface area (Å²) in [4.78, 5) is 0. The van der Waals surface area contributed by atoms with Crippen molar-refractivity contribution in [1.29, 1.82) is 0 Å². The molecular weight excluding hydrogens is 280 g/mol. The lowest BCUT2D eigenvalue weighted by atomic mass is 9.88. The molecule has 1 N–H and O–H groups in total. The maximum Gasteiger partial charge on any atom is 0.0685 e. The molecule has 0 saturated heterocycles. The summed E-state index contributed by atoms with van der Waals surface area (Å²) >= 11 is 0. The zero-order chi connectivity index (χ0) is 14.7. The van der Waals surface area contributed by atoms with Crippen molar-refractivity contribution in [3.8, 4) is 0 Å². The van der Waals surface area contributed by atoms with Gasteiger partial charge >= 0.3 is 0 Å². The Kier molecular flexibility index (Phi) is 4.51. The molecule has 1 aliphatic carbocycles. The minimum Gasteiger partial charge on any atom is -0.392 e. The molecule has 2 atom stereocenters. The van der Waals surface area contributed by atoms with Crippen LogP contribution < -0.4 is 0 Å². The molecule has 0 aliphatic heterocycles. The summed E-state index contributed by atoms with van der Waals surface area (Å²) in [6, 6.07) is 16.1. The van der Waals surface area contributed by atoms with E-state index in [0.29, 0.717) is 5.75 Å². The standard InChI is InChI=1S/C18H20O2S/c19-12-16-10-4-8-15-9-5-11-17(18(15)16)21(20)13-14-6-2-1-3-7-14/h1-4,6-8,10,17,19H,5,9,11-13H2. The maximum atomic E-state index is 12.8. The van der Waals surface area contributed by atoms with Crippen molar-refractivity contribution in [2.24, 2.45) is 0 Å². The molecule has 0 fully saturated rings. The Labute approximate surface area is 128 Å². The molecule has 0 spiro atoms. The first-order valence-corrected chi connectivity index (χ1v) is 8.80. The fourth-order valence-electron chi connectivity index (χ4n) is 3.16. The monoisotopic (exact) mass is 300 g/mol. The SMILES string of the molecule is O=S(Cc1ccccc1)C1CCCc2cccc(CO)c21. The van der Waals surface area contributed by atoms with E-state index < -0.39 is 10.8 Å². The predicted molar refractivity (Wildman–Crippen MR) is 86.3 cm³/mol. The molecule has 2 nitrogen and oxygen atoms in total. The molecule has 0 amide bonds. The lowest BCUT2D eigenvalue weighted by molar-refractivity contribution is 0.280. The van der Waals surface area contributed by atoms with Gasteiger partial charge in [-0.15, -0.1) is 0 Å². The van der Waals surface area contributed by atoms with Crippen LogP contribution in [0.25, 0.3) is 0 Å². The zero-order valence-corrected chi connectivity index (χ0v) is 12.8. The molecule has 3 rings (SSSR count). The van der Waals surface area contributed by atoms with Crippen molar-refractivity contribution in [3.63, 3.8) is 0 Å². The van der Waals surface area contributed by atoms with Crippen molar-refractivity contribution >= 4 is 10.8 Å². The summed E-state index contributed by atoms with van der Waals surface area (Å²) in [7, 11) is -0.942. The number of benzene rings is 2. The summed E-state index contributed by atoms with van der Waals surface area (Å²) < 4.78 is 12.8. The van der Waals surface area contributed by atoms with E-state index in [1.807, 2.05) is 42.5 Å². The third kappa shape index (κ3) is 3.09. The van der Waals surface area contributed by atoms with Crippen molar-refractivity contribution in [3.05, 3.63) is 70.8 Å². The fraction of sp³-hybridized carbons (Fsp3) is 0.333. The molecule has 2 aromatic carbocycles. The Morgan fingerprint density at radius 3 is 2.67 bits per heavy atom. The van der Waals surface area contributed by atoms with E-state index in [1.165, 1.54) is 5.56 Å². The Balaban J connectivity index is 1.89. The Hall–Kier alpha value is -1.45. The predicted octanol–water partition coefficient (Wildman–Crippen LogP) is 3.51. The van der Waals surface area contributed by atoms with Gasteiger partial charge in [0.1, 0.15) is 0 Å². The Morgan fingerprint density at radius 2 is 1.90 bits per heavy atom. The van der Waals surface area contributed by atoms with Gasteiger partial charge < -0.3 is 5.11 Å². The van der Waals surface area contributed by atoms with E-state index in [1.54, 1.807) is 0 Å². The van der Waals surface area contributed by atoms with Crippen LogP contribution in [0.2, 0.25) is 0 Å². The minimum absolute atomic E-state index is 0.0300. The van der Waals surface area contributed by atoms with E-state index in [-0.39, 0.29) is 11.9 Å². The van der Waals surface area contributed by atoms with Gasteiger partial charge in [-0.05, 0) is 41.5 Å². The first kappa shape index (κ1) is 14.5. The van der Waals surface area contributed by atoms with E-state index in [2.05, 4.69) is 6.07 Å². The van der Waals surface area contributed by atoms with Crippen LogP contribution >= 0.6 is 0 Å². The molecule has 0 aromatic heterocycles. The normalized spacial score (nSPS) is 19.0. The molecule has 0 heterocycles. The topological polar surface area (TPSA) is 37.3 Å². The smallest absolute Gasteiger partial charge is 0.0685 e. The Morgan fingerprint density at radius 1 is 1.10 bits per heavy atom. The van der Waals surface area contributed by atoms with Crippen molar-refractivity contribution < 1.29 is 9.32 Å². The van der Waals surface area contributed by atoms with Gasteiger partial charge in [-0.1, -0.05) is 48.5 Å². The van der Waals surface area contributed by atoms with Crippen LogP contribution in [0.4, 0.5) is 0 Å². The van der Waals surface area contributed by atoms with Crippen LogP contribution in [0.3, 0.4) is 0 Å². The highest BCUT2D eigenvalue weighted by atomic mass is 32.2. The molecule has 3 heteroatoms. The van der Waals surface area contributed by atoms with Crippen molar-refractivity contribution in [2.45, 2.75) is 36.9 Å². The average Bonchev–Trinajstić information content (AvgIpc) is 2.54. The number of hydrogen-bond acceptors (Lipinski definition) is 2. The van der Waals surface area contributed by atoms with Crippen LogP contribution in [0.15, 0.2) is 48.5 Å². The van der Waals surface area contributed by atoms with Gasteiger partial charge in [0.2, 0.25) is 0 Å². The van der Waals surface area contributed by atoms with Crippen LogP contribution in [-0.2, 0) is 29.6 Å². The summed E-state index contributed by atoms with van der Waals surface area (Å²) in [5.41, 5.74) is 4.46. The van der Waals surface area contributed by atoms with Gasteiger partial charge in [-0.3, -0.25) is 4.21 Å². The van der Waals surface area contributed by atoms with Crippen molar-refractivity contribution in [2.75, 3.05) is 0 Å². The van der Waals surface area contributed by atoms with E-state index in [4.69, 9.17) is 0 Å². The number of aliphatic hydroxyl groups excluding tert-OH is 1. The molecule has 0 radical (unpaired) electrons. The third-order valence-corrected chi connectivity index (χ3v) is 5.88. The number of hydrogen-bond donors (Lipinski definition) is 1. The second-order valence-corrected chi connectivity index (χ2v) is 7.16. The van der Waals surface area contributed by atoms with Gasteiger partial charge in [-0.25, -0.2) is 0 Å². The van der Waals surface area contributed by atoms with E-state index >= 15 is 0 Å². The van der Waals surface area contributed by atoms with Gasteiger partial charge in [0, 0.05) is 16.6 Å². The summed E-state index contributed by atoms with van der Waals surface area (Å²) in [6.07, 6.45) is 3.05. The van der Waals surface area contributed by atoms with Gasteiger partial charge in [-0.2, -0.15) is 0 Å². The summed E-state index contributed by atoms with van der Waals surface area (Å²) in [6.45, 7) is 0.0300. The number of fused-ring (bicyclic) bond motifs is 1. The van der Waals surface area contributed by atoms with Gasteiger partial charge in [0.15, 0.2) is 0 Å². The lowest BCUT2D eigenvalue weighted by Gasteiger charge is -2.27. The Bertz CT molecular complexity index is 623. The second-order valence-electron chi connectivity index (χ2n) is 5.54. The lowest BCUT2D eigenvalue weighted by Crippen LogP contribution is -2.18.